The second-order valence-electron chi connectivity index (χ2n) is 4.07. The highest BCUT2D eigenvalue weighted by molar-refractivity contribution is 7.89. The second kappa shape index (κ2) is 5.79. The summed E-state index contributed by atoms with van der Waals surface area (Å²) in [4.78, 5) is -0.168. The van der Waals surface area contributed by atoms with Gasteiger partial charge in [0.2, 0.25) is 10.0 Å². The van der Waals surface area contributed by atoms with Crippen LogP contribution in [0.25, 0.3) is 0 Å². The van der Waals surface area contributed by atoms with Crippen LogP contribution in [0.15, 0.2) is 23.1 Å². The molecule has 1 aromatic rings. The highest BCUT2D eigenvalue weighted by Gasteiger charge is 2.23. The number of hydrogen-bond acceptors (Lipinski definition) is 4. The van der Waals surface area contributed by atoms with Gasteiger partial charge in [-0.05, 0) is 25.1 Å². The quantitative estimate of drug-likeness (QED) is 0.836. The summed E-state index contributed by atoms with van der Waals surface area (Å²) in [6.07, 6.45) is 0. The first kappa shape index (κ1) is 15.1. The van der Waals surface area contributed by atoms with E-state index in [0.29, 0.717) is 0 Å². The molecule has 100 valence electrons. The smallest absolute Gasteiger partial charge is 0.207 e. The summed E-state index contributed by atoms with van der Waals surface area (Å²) in [5.74, 6) is -1.23. The molecular formula is C12H12FN3O2S. The SMILES string of the molecule is CC(C#N)CN(C)S(=O)(=O)c1ccc(F)c(C#N)c1. The molecule has 19 heavy (non-hydrogen) atoms. The van der Waals surface area contributed by atoms with Crippen LogP contribution >= 0.6 is 0 Å². The molecule has 0 radical (unpaired) electrons. The van der Waals surface area contributed by atoms with E-state index < -0.39 is 21.8 Å². The Morgan fingerprint density at radius 2 is 2.05 bits per heavy atom. The summed E-state index contributed by atoms with van der Waals surface area (Å²) >= 11 is 0. The summed E-state index contributed by atoms with van der Waals surface area (Å²) in [5.41, 5.74) is -0.331. The Labute approximate surface area is 111 Å². The molecule has 0 amide bonds. The second-order valence-corrected chi connectivity index (χ2v) is 6.11. The Hall–Kier alpha value is -1.96. The van der Waals surface area contributed by atoms with Crippen molar-refractivity contribution in [3.63, 3.8) is 0 Å². The average molecular weight is 281 g/mol. The van der Waals surface area contributed by atoms with Gasteiger partial charge in [-0.1, -0.05) is 0 Å². The van der Waals surface area contributed by atoms with Crippen LogP contribution in [0, 0.1) is 34.4 Å². The van der Waals surface area contributed by atoms with E-state index in [4.69, 9.17) is 10.5 Å². The molecule has 0 saturated heterocycles. The summed E-state index contributed by atoms with van der Waals surface area (Å²) < 4.78 is 38.5. The molecule has 0 fully saturated rings. The molecule has 0 aliphatic rings. The van der Waals surface area contributed by atoms with Crippen molar-refractivity contribution in [3.8, 4) is 12.1 Å². The fourth-order valence-corrected chi connectivity index (χ4v) is 2.74. The maximum Gasteiger partial charge on any atom is 0.242 e. The van der Waals surface area contributed by atoms with Crippen molar-refractivity contribution in [2.24, 2.45) is 5.92 Å². The molecule has 0 aliphatic heterocycles. The van der Waals surface area contributed by atoms with Crippen LogP contribution in [0.5, 0.6) is 0 Å². The van der Waals surface area contributed by atoms with Gasteiger partial charge in [0.15, 0.2) is 0 Å². The average Bonchev–Trinajstić information content (AvgIpc) is 2.38. The van der Waals surface area contributed by atoms with Gasteiger partial charge in [0.05, 0.1) is 22.4 Å². The monoisotopic (exact) mass is 281 g/mol. The fourth-order valence-electron chi connectivity index (χ4n) is 1.46. The standard InChI is InChI=1S/C12H12FN3O2S/c1-9(6-14)8-16(2)19(17,18)11-3-4-12(13)10(5-11)7-15/h3-5,9H,8H2,1-2H3. The van der Waals surface area contributed by atoms with E-state index in [0.717, 1.165) is 22.5 Å². The molecule has 0 N–H and O–H groups in total. The van der Waals surface area contributed by atoms with E-state index in [2.05, 4.69) is 0 Å². The third-order valence-electron chi connectivity index (χ3n) is 2.52. The van der Waals surface area contributed by atoms with E-state index in [-0.39, 0.29) is 17.0 Å². The molecule has 0 bridgehead atoms. The molecule has 0 spiro atoms. The van der Waals surface area contributed by atoms with Gasteiger partial charge >= 0.3 is 0 Å². The predicted octanol–water partition coefficient (Wildman–Crippen LogP) is 1.48. The minimum Gasteiger partial charge on any atom is -0.207 e. The Morgan fingerprint density at radius 3 is 2.58 bits per heavy atom. The molecule has 1 aromatic carbocycles. The Morgan fingerprint density at radius 1 is 1.42 bits per heavy atom. The predicted molar refractivity (Wildman–Crippen MR) is 65.7 cm³/mol. The minimum absolute atomic E-state index is 0.0259. The molecule has 0 heterocycles. The van der Waals surface area contributed by atoms with Crippen LogP contribution in [0.3, 0.4) is 0 Å². The van der Waals surface area contributed by atoms with Crippen molar-refractivity contribution in [2.75, 3.05) is 13.6 Å². The summed E-state index contributed by atoms with van der Waals surface area (Å²) in [6, 6.07) is 6.54. The lowest BCUT2D eigenvalue weighted by Crippen LogP contribution is -2.30. The van der Waals surface area contributed by atoms with Crippen molar-refractivity contribution >= 4 is 10.0 Å². The van der Waals surface area contributed by atoms with Gasteiger partial charge in [0.25, 0.3) is 0 Å². The van der Waals surface area contributed by atoms with Crippen molar-refractivity contribution in [1.82, 2.24) is 4.31 Å². The maximum absolute atomic E-state index is 13.1. The number of nitriles is 2. The normalized spacial score (nSPS) is 12.7. The van der Waals surface area contributed by atoms with Crippen molar-refractivity contribution in [1.29, 1.82) is 10.5 Å². The molecular weight excluding hydrogens is 269 g/mol. The van der Waals surface area contributed by atoms with Gasteiger partial charge in [-0.15, -0.1) is 0 Å². The van der Waals surface area contributed by atoms with Gasteiger partial charge in [-0.3, -0.25) is 0 Å². The van der Waals surface area contributed by atoms with Crippen LogP contribution in [-0.4, -0.2) is 26.3 Å². The first-order valence-electron chi connectivity index (χ1n) is 5.38. The maximum atomic E-state index is 13.1. The lowest BCUT2D eigenvalue weighted by atomic mass is 10.2. The minimum atomic E-state index is -3.83. The molecule has 0 aliphatic carbocycles. The largest absolute Gasteiger partial charge is 0.242 e. The highest BCUT2D eigenvalue weighted by Crippen LogP contribution is 2.18. The van der Waals surface area contributed by atoms with Gasteiger partial charge in [-0.25, -0.2) is 12.8 Å². The molecule has 7 heteroatoms. The number of rotatable bonds is 4. The van der Waals surface area contributed by atoms with Gasteiger partial charge in [0, 0.05) is 13.6 Å². The van der Waals surface area contributed by atoms with Crippen molar-refractivity contribution in [2.45, 2.75) is 11.8 Å². The number of halogens is 1. The van der Waals surface area contributed by atoms with Gasteiger partial charge in [0.1, 0.15) is 11.9 Å². The molecule has 5 nitrogen and oxygen atoms in total. The Bertz CT molecular complexity index is 659. The molecule has 1 atom stereocenters. The van der Waals surface area contributed by atoms with Gasteiger partial charge in [-0.2, -0.15) is 14.8 Å². The molecule has 1 unspecified atom stereocenters. The van der Waals surface area contributed by atoms with E-state index in [9.17, 15) is 12.8 Å². The lowest BCUT2D eigenvalue weighted by molar-refractivity contribution is 0.439. The first-order valence-corrected chi connectivity index (χ1v) is 6.82. The van der Waals surface area contributed by atoms with Crippen LogP contribution in [0.1, 0.15) is 12.5 Å². The summed E-state index contributed by atoms with van der Waals surface area (Å²) in [7, 11) is -2.50. The highest BCUT2D eigenvalue weighted by atomic mass is 32.2. The summed E-state index contributed by atoms with van der Waals surface area (Å²) in [5, 5.41) is 17.4. The van der Waals surface area contributed by atoms with Crippen LogP contribution in [0.4, 0.5) is 4.39 Å². The fraction of sp³-hybridized carbons (Fsp3) is 0.333. The van der Waals surface area contributed by atoms with Crippen LogP contribution in [0.2, 0.25) is 0 Å². The van der Waals surface area contributed by atoms with Crippen LogP contribution < -0.4 is 0 Å². The topological polar surface area (TPSA) is 85.0 Å². The number of benzene rings is 1. The van der Waals surface area contributed by atoms with E-state index >= 15 is 0 Å². The van der Waals surface area contributed by atoms with E-state index in [1.807, 2.05) is 6.07 Å². The summed E-state index contributed by atoms with van der Waals surface area (Å²) in [6.45, 7) is 1.62. The third kappa shape index (κ3) is 3.28. The van der Waals surface area contributed by atoms with Crippen molar-refractivity contribution in [3.05, 3.63) is 29.6 Å². The Balaban J connectivity index is 3.15. The number of nitrogens with zero attached hydrogens (tertiary/aromatic N) is 3. The number of hydrogen-bond donors (Lipinski definition) is 0. The zero-order valence-corrected chi connectivity index (χ0v) is 11.3. The lowest BCUT2D eigenvalue weighted by Gasteiger charge is -2.18. The van der Waals surface area contributed by atoms with Gasteiger partial charge < -0.3 is 0 Å². The van der Waals surface area contributed by atoms with Crippen LogP contribution in [-0.2, 0) is 10.0 Å². The number of sulfonamides is 1. The van der Waals surface area contributed by atoms with Crippen molar-refractivity contribution < 1.29 is 12.8 Å². The molecule has 0 aromatic heterocycles. The third-order valence-corrected chi connectivity index (χ3v) is 4.34. The zero-order valence-electron chi connectivity index (χ0n) is 10.5. The first-order chi connectivity index (χ1) is 8.82. The zero-order chi connectivity index (χ0) is 14.6. The Kier molecular flexibility index (Phi) is 4.60. The molecule has 1 rings (SSSR count). The van der Waals surface area contributed by atoms with E-state index in [1.54, 1.807) is 13.0 Å². The van der Waals surface area contributed by atoms with E-state index in [1.165, 1.54) is 7.05 Å². The molecule has 0 saturated carbocycles.